The van der Waals surface area contributed by atoms with Gasteiger partial charge in [-0.1, -0.05) is 6.92 Å². The summed E-state index contributed by atoms with van der Waals surface area (Å²) < 4.78 is 16.4. The van der Waals surface area contributed by atoms with E-state index in [9.17, 15) is 9.59 Å². The van der Waals surface area contributed by atoms with E-state index < -0.39 is 0 Å². The van der Waals surface area contributed by atoms with Gasteiger partial charge in [0, 0.05) is 25.3 Å². The van der Waals surface area contributed by atoms with Crippen LogP contribution in [0.25, 0.3) is 0 Å². The normalized spacial score (nSPS) is 17.1. The third-order valence-electron chi connectivity index (χ3n) is 4.62. The summed E-state index contributed by atoms with van der Waals surface area (Å²) in [4.78, 5) is 26.7. The zero-order valence-electron chi connectivity index (χ0n) is 16.2. The molecule has 1 atom stereocenters. The molecule has 0 N–H and O–H groups in total. The number of methoxy groups -OCH3 is 2. The summed E-state index contributed by atoms with van der Waals surface area (Å²) in [5, 5.41) is 0. The third kappa shape index (κ3) is 4.97. The predicted octanol–water partition coefficient (Wildman–Crippen LogP) is 2.87. The van der Waals surface area contributed by atoms with Gasteiger partial charge in [-0.05, 0) is 43.9 Å². The van der Waals surface area contributed by atoms with E-state index in [0.29, 0.717) is 29.2 Å². The summed E-state index contributed by atoms with van der Waals surface area (Å²) in [6, 6.07) is 3.37. The third-order valence-corrected chi connectivity index (χ3v) is 4.62. The number of carbonyl (C=O) groups excluding carboxylic acids is 2. The molecular weight excluding hydrogens is 334 g/mol. The Morgan fingerprint density at radius 1 is 1.19 bits per heavy atom. The van der Waals surface area contributed by atoms with Crippen LogP contribution in [0.1, 0.15) is 49.0 Å². The van der Waals surface area contributed by atoms with E-state index in [-0.39, 0.29) is 24.2 Å². The summed E-state index contributed by atoms with van der Waals surface area (Å²) in [5.41, 5.74) is 1.16. The Kier molecular flexibility index (Phi) is 7.45. The topological polar surface area (TPSA) is 65.1 Å². The highest BCUT2D eigenvalue weighted by Gasteiger charge is 2.25. The number of hydrogen-bond donors (Lipinski definition) is 0. The van der Waals surface area contributed by atoms with Crippen LogP contribution in [0.3, 0.4) is 0 Å². The van der Waals surface area contributed by atoms with Crippen molar-refractivity contribution in [2.75, 3.05) is 33.9 Å². The maximum Gasteiger partial charge on any atom is 0.227 e. The monoisotopic (exact) mass is 363 g/mol. The highest BCUT2D eigenvalue weighted by Crippen LogP contribution is 2.31. The summed E-state index contributed by atoms with van der Waals surface area (Å²) in [7, 11) is 3.06. The van der Waals surface area contributed by atoms with Gasteiger partial charge in [0.2, 0.25) is 5.91 Å². The fourth-order valence-electron chi connectivity index (χ4n) is 3.26. The van der Waals surface area contributed by atoms with Gasteiger partial charge in [0.25, 0.3) is 0 Å². The number of hydrogen-bond acceptors (Lipinski definition) is 5. The standard InChI is InChI=1S/C20H29NO5/c1-5-9-26-16-7-6-8-21(13-16)20(23)11-15-10-18(24-3)19(25-4)12-17(15)14(2)22/h10,12,16H,5-9,11,13H2,1-4H3. The van der Waals surface area contributed by atoms with E-state index in [1.807, 2.05) is 4.90 Å². The Hall–Kier alpha value is -2.08. The molecule has 0 radical (unpaired) electrons. The van der Waals surface area contributed by atoms with Crippen molar-refractivity contribution in [1.82, 2.24) is 4.90 Å². The lowest BCUT2D eigenvalue weighted by Crippen LogP contribution is -2.44. The summed E-state index contributed by atoms with van der Waals surface area (Å²) in [5.74, 6) is 0.907. The van der Waals surface area contributed by atoms with Crippen molar-refractivity contribution in [1.29, 1.82) is 0 Å². The molecule has 1 aromatic carbocycles. The zero-order chi connectivity index (χ0) is 19.1. The van der Waals surface area contributed by atoms with Crippen LogP contribution in [-0.2, 0) is 16.0 Å². The maximum absolute atomic E-state index is 12.8. The summed E-state index contributed by atoms with van der Waals surface area (Å²) in [6.07, 6.45) is 3.16. The smallest absolute Gasteiger partial charge is 0.227 e. The quantitative estimate of drug-likeness (QED) is 0.665. The van der Waals surface area contributed by atoms with Crippen LogP contribution in [0.2, 0.25) is 0 Å². The van der Waals surface area contributed by atoms with Crippen molar-refractivity contribution in [3.05, 3.63) is 23.3 Å². The first-order valence-electron chi connectivity index (χ1n) is 9.15. The minimum atomic E-state index is -0.100. The second kappa shape index (κ2) is 9.57. The zero-order valence-corrected chi connectivity index (χ0v) is 16.2. The molecule has 1 aliphatic rings. The van der Waals surface area contributed by atoms with Crippen LogP contribution in [0.5, 0.6) is 11.5 Å². The lowest BCUT2D eigenvalue weighted by molar-refractivity contribution is -0.134. The molecule has 6 nitrogen and oxygen atoms in total. The molecule has 1 unspecified atom stereocenters. The van der Waals surface area contributed by atoms with Crippen LogP contribution >= 0.6 is 0 Å². The Balaban J connectivity index is 2.15. The summed E-state index contributed by atoms with van der Waals surface area (Å²) in [6.45, 7) is 5.63. The second-order valence-corrected chi connectivity index (χ2v) is 6.57. The van der Waals surface area contributed by atoms with Crippen LogP contribution in [0.15, 0.2) is 12.1 Å². The van der Waals surface area contributed by atoms with E-state index in [2.05, 4.69) is 6.92 Å². The Bertz CT molecular complexity index is 643. The fraction of sp³-hybridized carbons (Fsp3) is 0.600. The molecule has 0 saturated carbocycles. The highest BCUT2D eigenvalue weighted by molar-refractivity contribution is 5.97. The number of carbonyl (C=O) groups is 2. The SMILES string of the molecule is CCCOC1CCCN(C(=O)Cc2cc(OC)c(OC)cc2C(C)=O)C1. The average molecular weight is 363 g/mol. The molecule has 1 heterocycles. The van der Waals surface area contributed by atoms with Crippen molar-refractivity contribution < 1.29 is 23.8 Å². The molecule has 0 aliphatic carbocycles. The number of benzene rings is 1. The first-order valence-corrected chi connectivity index (χ1v) is 9.15. The van der Waals surface area contributed by atoms with Gasteiger partial charge in [-0.15, -0.1) is 0 Å². The number of amides is 1. The van der Waals surface area contributed by atoms with Crippen molar-refractivity contribution in [3.8, 4) is 11.5 Å². The number of piperidine rings is 1. The number of likely N-dealkylation sites (tertiary alicyclic amines) is 1. The minimum absolute atomic E-state index is 0.00418. The average Bonchev–Trinajstić information content (AvgIpc) is 2.65. The number of nitrogens with zero attached hydrogens (tertiary/aromatic N) is 1. The minimum Gasteiger partial charge on any atom is -0.493 e. The van der Waals surface area contributed by atoms with Gasteiger partial charge in [-0.25, -0.2) is 0 Å². The van der Waals surface area contributed by atoms with E-state index >= 15 is 0 Å². The first-order chi connectivity index (χ1) is 12.5. The van der Waals surface area contributed by atoms with E-state index in [1.165, 1.54) is 21.1 Å². The fourth-order valence-corrected chi connectivity index (χ4v) is 3.26. The van der Waals surface area contributed by atoms with Crippen LogP contribution in [-0.4, -0.2) is 56.6 Å². The van der Waals surface area contributed by atoms with Crippen molar-refractivity contribution >= 4 is 11.7 Å². The van der Waals surface area contributed by atoms with Crippen LogP contribution in [0, 0.1) is 0 Å². The molecule has 1 aromatic rings. The van der Waals surface area contributed by atoms with E-state index in [4.69, 9.17) is 14.2 Å². The predicted molar refractivity (Wildman–Crippen MR) is 99.1 cm³/mol. The Labute approximate surface area is 155 Å². The van der Waals surface area contributed by atoms with Gasteiger partial charge in [0.1, 0.15) is 0 Å². The van der Waals surface area contributed by atoms with Gasteiger partial charge < -0.3 is 19.1 Å². The molecule has 0 bridgehead atoms. The molecular formula is C20H29NO5. The first kappa shape index (κ1) is 20.2. The van der Waals surface area contributed by atoms with Gasteiger partial charge >= 0.3 is 0 Å². The summed E-state index contributed by atoms with van der Waals surface area (Å²) >= 11 is 0. The number of ketones is 1. The maximum atomic E-state index is 12.8. The molecule has 26 heavy (non-hydrogen) atoms. The number of ether oxygens (including phenoxy) is 3. The van der Waals surface area contributed by atoms with E-state index in [1.54, 1.807) is 12.1 Å². The largest absolute Gasteiger partial charge is 0.493 e. The molecule has 1 aliphatic heterocycles. The van der Waals surface area contributed by atoms with Crippen molar-refractivity contribution in [3.63, 3.8) is 0 Å². The molecule has 1 saturated heterocycles. The lowest BCUT2D eigenvalue weighted by atomic mass is 9.99. The molecule has 2 rings (SSSR count). The molecule has 1 amide bonds. The van der Waals surface area contributed by atoms with E-state index in [0.717, 1.165) is 32.4 Å². The number of Topliss-reactive ketones (excluding diaryl/α,β-unsaturated/α-hetero) is 1. The molecule has 6 heteroatoms. The second-order valence-electron chi connectivity index (χ2n) is 6.57. The molecule has 0 aromatic heterocycles. The molecule has 1 fully saturated rings. The van der Waals surface area contributed by atoms with Crippen LogP contribution < -0.4 is 9.47 Å². The molecule has 144 valence electrons. The Morgan fingerprint density at radius 3 is 2.50 bits per heavy atom. The Morgan fingerprint density at radius 2 is 1.88 bits per heavy atom. The van der Waals surface area contributed by atoms with Gasteiger partial charge in [0.15, 0.2) is 17.3 Å². The lowest BCUT2D eigenvalue weighted by Gasteiger charge is -2.33. The van der Waals surface area contributed by atoms with Crippen molar-refractivity contribution in [2.24, 2.45) is 0 Å². The van der Waals surface area contributed by atoms with Crippen LogP contribution in [0.4, 0.5) is 0 Å². The van der Waals surface area contributed by atoms with Gasteiger partial charge in [-0.2, -0.15) is 0 Å². The van der Waals surface area contributed by atoms with Gasteiger partial charge in [0.05, 0.1) is 26.7 Å². The highest BCUT2D eigenvalue weighted by atomic mass is 16.5. The number of rotatable bonds is 8. The van der Waals surface area contributed by atoms with Crippen molar-refractivity contribution in [2.45, 2.75) is 45.6 Å². The van der Waals surface area contributed by atoms with Gasteiger partial charge in [-0.3, -0.25) is 9.59 Å². The molecule has 0 spiro atoms.